The third-order valence-electron chi connectivity index (χ3n) is 1.30. The number of non-ortho nitro benzene ring substituents is 1. The van der Waals surface area contributed by atoms with Crippen LogP contribution in [-0.4, -0.2) is 34.9 Å². The van der Waals surface area contributed by atoms with Crippen LogP contribution >= 0.6 is 0 Å². The molecule has 0 aliphatic carbocycles. The fraction of sp³-hybridized carbons (Fsp3) is 0. The van der Waals surface area contributed by atoms with E-state index < -0.39 is 10.9 Å². The van der Waals surface area contributed by atoms with Gasteiger partial charge in [0.25, 0.3) is 5.69 Å². The number of nitrogens with zero attached hydrogens (tertiary/aromatic N) is 1. The molecule has 1 aromatic carbocycles. The number of rotatable bonds is 2. The number of carboxylic acids is 1. The summed E-state index contributed by atoms with van der Waals surface area (Å²) in [5.74, 6) is -1.17. The van der Waals surface area contributed by atoms with Gasteiger partial charge in [-0.3, -0.25) is 10.1 Å². The molecule has 1 radical (unpaired) electrons. The van der Waals surface area contributed by atoms with E-state index in [9.17, 15) is 14.9 Å². The van der Waals surface area contributed by atoms with E-state index in [0.29, 0.717) is 0 Å². The summed E-state index contributed by atoms with van der Waals surface area (Å²) in [7, 11) is 0. The molecule has 6 heteroatoms. The SMILES string of the molecule is O=C(O)c1cccc([N+](=O)[O-])c1.[Li]. The van der Waals surface area contributed by atoms with Crippen molar-refractivity contribution in [2.75, 3.05) is 0 Å². The van der Waals surface area contributed by atoms with Crippen molar-refractivity contribution in [2.24, 2.45) is 0 Å². The zero-order valence-electron chi connectivity index (χ0n) is 6.93. The van der Waals surface area contributed by atoms with E-state index in [2.05, 4.69) is 0 Å². The molecule has 1 aromatic rings. The molecular formula is C7H5LiNO4. The molecule has 0 unspecified atom stereocenters. The molecule has 0 aliphatic rings. The van der Waals surface area contributed by atoms with E-state index in [0.717, 1.165) is 6.07 Å². The van der Waals surface area contributed by atoms with E-state index in [4.69, 9.17) is 5.11 Å². The van der Waals surface area contributed by atoms with E-state index in [1.807, 2.05) is 0 Å². The normalized spacial score (nSPS) is 8.62. The third kappa shape index (κ3) is 2.90. The molecule has 0 aliphatic heterocycles. The fourth-order valence-electron chi connectivity index (χ4n) is 0.753. The van der Waals surface area contributed by atoms with Crippen molar-refractivity contribution in [3.05, 3.63) is 39.9 Å². The summed E-state index contributed by atoms with van der Waals surface area (Å²) >= 11 is 0. The van der Waals surface area contributed by atoms with Gasteiger partial charge in [-0.1, -0.05) is 6.07 Å². The summed E-state index contributed by atoms with van der Waals surface area (Å²) in [5.41, 5.74) is -0.292. The van der Waals surface area contributed by atoms with Crippen molar-refractivity contribution >= 4 is 30.5 Å². The van der Waals surface area contributed by atoms with Crippen LogP contribution in [0.15, 0.2) is 24.3 Å². The number of carbonyl (C=O) groups is 1. The average Bonchev–Trinajstić information content (AvgIpc) is 2.04. The van der Waals surface area contributed by atoms with Gasteiger partial charge in [0, 0.05) is 31.0 Å². The van der Waals surface area contributed by atoms with Crippen LogP contribution in [0.5, 0.6) is 0 Å². The van der Waals surface area contributed by atoms with Crippen LogP contribution in [-0.2, 0) is 0 Å². The largest absolute Gasteiger partial charge is 0.478 e. The second-order valence-electron chi connectivity index (χ2n) is 2.11. The maximum atomic E-state index is 10.4. The maximum Gasteiger partial charge on any atom is 0.335 e. The molecule has 5 nitrogen and oxygen atoms in total. The predicted molar refractivity (Wildman–Crippen MR) is 45.8 cm³/mol. The zero-order chi connectivity index (χ0) is 9.14. The first kappa shape index (κ1) is 11.7. The fourth-order valence-corrected chi connectivity index (χ4v) is 0.753. The van der Waals surface area contributed by atoms with Crippen molar-refractivity contribution in [3.8, 4) is 0 Å². The molecule has 0 spiro atoms. The molecule has 0 heterocycles. The monoisotopic (exact) mass is 174 g/mol. The second-order valence-corrected chi connectivity index (χ2v) is 2.11. The standard InChI is InChI=1S/C7H5NO4.Li/c9-7(10)5-2-1-3-6(4-5)8(11)12;/h1-4H,(H,9,10);. The summed E-state index contributed by atoms with van der Waals surface area (Å²) in [6.07, 6.45) is 0. The van der Waals surface area contributed by atoms with Gasteiger partial charge >= 0.3 is 5.97 Å². The van der Waals surface area contributed by atoms with E-state index in [1.165, 1.54) is 18.2 Å². The molecule has 0 saturated carbocycles. The summed E-state index contributed by atoms with van der Waals surface area (Å²) in [5, 5.41) is 18.7. The summed E-state index contributed by atoms with van der Waals surface area (Å²) < 4.78 is 0. The van der Waals surface area contributed by atoms with Crippen molar-refractivity contribution in [1.82, 2.24) is 0 Å². The van der Waals surface area contributed by atoms with Gasteiger partial charge in [-0.15, -0.1) is 0 Å². The van der Waals surface area contributed by atoms with Crippen LogP contribution < -0.4 is 0 Å². The number of aromatic carboxylic acids is 1. The van der Waals surface area contributed by atoms with Gasteiger partial charge in [-0.05, 0) is 6.07 Å². The van der Waals surface area contributed by atoms with Crippen LogP contribution in [0.2, 0.25) is 0 Å². The molecule has 0 aromatic heterocycles. The van der Waals surface area contributed by atoms with Crippen LogP contribution in [0, 0.1) is 10.1 Å². The van der Waals surface area contributed by atoms with Gasteiger partial charge in [0.05, 0.1) is 10.5 Å². The second kappa shape index (κ2) is 4.65. The van der Waals surface area contributed by atoms with E-state index in [-0.39, 0.29) is 30.1 Å². The Morgan fingerprint density at radius 2 is 2.08 bits per heavy atom. The van der Waals surface area contributed by atoms with Gasteiger partial charge in [0.2, 0.25) is 0 Å². The van der Waals surface area contributed by atoms with Crippen LogP contribution in [0.25, 0.3) is 0 Å². The Labute approximate surface area is 85.7 Å². The van der Waals surface area contributed by atoms with Crippen molar-refractivity contribution in [2.45, 2.75) is 0 Å². The van der Waals surface area contributed by atoms with Crippen molar-refractivity contribution in [3.63, 3.8) is 0 Å². The zero-order valence-corrected chi connectivity index (χ0v) is 6.93. The molecular weight excluding hydrogens is 169 g/mol. The molecule has 0 atom stereocenters. The molecule has 1 N–H and O–H groups in total. The minimum atomic E-state index is -1.17. The Kier molecular flexibility index (Phi) is 4.18. The van der Waals surface area contributed by atoms with Crippen LogP contribution in [0.1, 0.15) is 10.4 Å². The molecule has 0 bridgehead atoms. The first-order chi connectivity index (χ1) is 5.61. The molecule has 63 valence electrons. The number of hydrogen-bond acceptors (Lipinski definition) is 3. The third-order valence-corrected chi connectivity index (χ3v) is 1.30. The molecule has 0 saturated heterocycles. The maximum absolute atomic E-state index is 10.4. The Balaban J connectivity index is 0.00000144. The van der Waals surface area contributed by atoms with Gasteiger partial charge in [-0.25, -0.2) is 4.79 Å². The van der Waals surface area contributed by atoms with Crippen LogP contribution in [0.3, 0.4) is 0 Å². The van der Waals surface area contributed by atoms with Gasteiger partial charge in [-0.2, -0.15) is 0 Å². The summed E-state index contributed by atoms with van der Waals surface area (Å²) in [6, 6.07) is 4.89. The smallest absolute Gasteiger partial charge is 0.335 e. The van der Waals surface area contributed by atoms with Gasteiger partial charge < -0.3 is 5.11 Å². The van der Waals surface area contributed by atoms with E-state index in [1.54, 1.807) is 0 Å². The summed E-state index contributed by atoms with van der Waals surface area (Å²) in [6.45, 7) is 0. The molecule has 13 heavy (non-hydrogen) atoms. The number of nitro benzene ring substituents is 1. The minimum Gasteiger partial charge on any atom is -0.478 e. The average molecular weight is 174 g/mol. The number of hydrogen-bond donors (Lipinski definition) is 1. The minimum absolute atomic E-state index is 0. The van der Waals surface area contributed by atoms with E-state index >= 15 is 0 Å². The Bertz CT molecular complexity index is 310. The molecule has 0 amide bonds. The number of benzene rings is 1. The van der Waals surface area contributed by atoms with Crippen LogP contribution in [0.4, 0.5) is 5.69 Å². The molecule has 0 fully saturated rings. The van der Waals surface area contributed by atoms with Gasteiger partial charge in [0.15, 0.2) is 0 Å². The number of nitro groups is 1. The Hall–Kier alpha value is -1.31. The first-order valence-corrected chi connectivity index (χ1v) is 3.09. The quantitative estimate of drug-likeness (QED) is 0.410. The Morgan fingerprint density at radius 1 is 1.46 bits per heavy atom. The molecule has 1 rings (SSSR count). The summed E-state index contributed by atoms with van der Waals surface area (Å²) in [4.78, 5) is 19.9. The topological polar surface area (TPSA) is 80.4 Å². The van der Waals surface area contributed by atoms with Crippen molar-refractivity contribution < 1.29 is 14.8 Å². The van der Waals surface area contributed by atoms with Gasteiger partial charge in [0.1, 0.15) is 0 Å². The predicted octanol–water partition coefficient (Wildman–Crippen LogP) is 0.912. The number of carboxylic acid groups (broad SMARTS) is 1. The first-order valence-electron chi connectivity index (χ1n) is 3.09. The Morgan fingerprint density at radius 3 is 2.54 bits per heavy atom. The van der Waals surface area contributed by atoms with Crippen molar-refractivity contribution in [1.29, 1.82) is 0 Å².